The van der Waals surface area contributed by atoms with Gasteiger partial charge >= 0.3 is 247 Å². The zero-order chi connectivity index (χ0) is 28.3. The molecule has 3 aromatic heterocycles. The normalized spacial score (nSPS) is 13.4. The van der Waals surface area contributed by atoms with E-state index in [0.717, 1.165) is 33.1 Å². The van der Waals surface area contributed by atoms with E-state index in [1.165, 1.54) is 5.56 Å². The summed E-state index contributed by atoms with van der Waals surface area (Å²) in [5.41, 5.74) is 4.92. The summed E-state index contributed by atoms with van der Waals surface area (Å²) >= 11 is 6.45. The van der Waals surface area contributed by atoms with Crippen LogP contribution in [0, 0.1) is 11.3 Å². The summed E-state index contributed by atoms with van der Waals surface area (Å²) in [5, 5.41) is 24.0. The van der Waals surface area contributed by atoms with Crippen LogP contribution in [0.5, 0.6) is 0 Å². The van der Waals surface area contributed by atoms with Gasteiger partial charge in [0.25, 0.3) is 0 Å². The quantitative estimate of drug-likeness (QED) is 0.211. The summed E-state index contributed by atoms with van der Waals surface area (Å²) in [5.74, 6) is 0. The van der Waals surface area contributed by atoms with Gasteiger partial charge in [-0.3, -0.25) is 0 Å². The molecule has 0 aliphatic rings. The standard InChI is InChI=1S/C31H30AsClN7/c1-5-25(20-10-7-6-8-11-20)32-28-22(16-34)18-36-30-24(28)14-23(15-26(30)33)37-29(21-12-9-13-35-17-21)27-19-40(39-38-27)31(2,3)4/h6-15,17-19,25,29,37H,5H2,1-4H3. The van der Waals surface area contributed by atoms with Gasteiger partial charge in [-0.2, -0.15) is 0 Å². The fourth-order valence-electron chi connectivity index (χ4n) is 4.56. The summed E-state index contributed by atoms with van der Waals surface area (Å²) in [6.45, 7) is 8.46. The van der Waals surface area contributed by atoms with Crippen LogP contribution in [0.15, 0.2) is 79.4 Å². The van der Waals surface area contributed by atoms with Gasteiger partial charge in [-0.25, -0.2) is 0 Å². The molecule has 7 nitrogen and oxygen atoms in total. The Morgan fingerprint density at radius 3 is 2.50 bits per heavy atom. The van der Waals surface area contributed by atoms with Crippen molar-refractivity contribution in [3.63, 3.8) is 0 Å². The third-order valence-corrected chi connectivity index (χ3v) is 10.6. The van der Waals surface area contributed by atoms with E-state index in [4.69, 9.17) is 11.6 Å². The SMILES string of the molecule is CCC([As]c1c(C#N)cnc2c(Cl)cc(NC(c3cccnc3)c3cn(C(C)(C)C)nn3)cc12)c1ccccc1. The van der Waals surface area contributed by atoms with Crippen molar-refractivity contribution in [2.24, 2.45) is 0 Å². The first kappa shape index (κ1) is 27.8. The Morgan fingerprint density at radius 2 is 1.85 bits per heavy atom. The van der Waals surface area contributed by atoms with Gasteiger partial charge in [0.05, 0.1) is 0 Å². The Kier molecular flexibility index (Phi) is 8.21. The molecule has 0 fully saturated rings. The summed E-state index contributed by atoms with van der Waals surface area (Å²) in [7, 11) is 0. The van der Waals surface area contributed by atoms with Gasteiger partial charge in [-0.05, 0) is 0 Å². The zero-order valence-electron chi connectivity index (χ0n) is 22.9. The molecule has 1 radical (unpaired) electrons. The molecular weight excluding hydrogens is 581 g/mol. The fourth-order valence-corrected chi connectivity index (χ4v) is 7.71. The van der Waals surface area contributed by atoms with E-state index in [9.17, 15) is 5.26 Å². The Hall–Kier alpha value is -3.72. The van der Waals surface area contributed by atoms with Crippen LogP contribution in [-0.2, 0) is 5.54 Å². The topological polar surface area (TPSA) is 92.3 Å². The van der Waals surface area contributed by atoms with E-state index < -0.39 is 0 Å². The first-order valence-electron chi connectivity index (χ1n) is 13.2. The third kappa shape index (κ3) is 5.89. The van der Waals surface area contributed by atoms with Crippen molar-refractivity contribution < 1.29 is 0 Å². The van der Waals surface area contributed by atoms with E-state index in [-0.39, 0.29) is 27.3 Å². The molecule has 0 aliphatic carbocycles. The molecule has 9 heteroatoms. The molecule has 5 rings (SSSR count). The second-order valence-corrected chi connectivity index (χ2v) is 13.8. The molecule has 0 bridgehead atoms. The second kappa shape index (κ2) is 11.8. The van der Waals surface area contributed by atoms with Crippen molar-refractivity contribution in [3.8, 4) is 6.07 Å². The average molecular weight is 611 g/mol. The second-order valence-electron chi connectivity index (χ2n) is 10.6. The van der Waals surface area contributed by atoms with Crippen LogP contribution in [0.25, 0.3) is 10.9 Å². The van der Waals surface area contributed by atoms with Crippen molar-refractivity contribution in [2.45, 2.75) is 50.4 Å². The molecule has 3 heterocycles. The average Bonchev–Trinajstić information content (AvgIpc) is 3.46. The molecule has 5 aromatic rings. The summed E-state index contributed by atoms with van der Waals surface area (Å²) in [6, 6.07) is 20.5. The van der Waals surface area contributed by atoms with E-state index >= 15 is 0 Å². The molecule has 0 aliphatic heterocycles. The van der Waals surface area contributed by atoms with Crippen LogP contribution in [0.2, 0.25) is 5.02 Å². The number of hydrogen-bond acceptors (Lipinski definition) is 6. The monoisotopic (exact) mass is 610 g/mol. The maximum atomic E-state index is 10.0. The van der Waals surface area contributed by atoms with E-state index in [0.29, 0.717) is 20.8 Å². The van der Waals surface area contributed by atoms with Gasteiger partial charge < -0.3 is 0 Å². The predicted molar refractivity (Wildman–Crippen MR) is 161 cm³/mol. The maximum absolute atomic E-state index is 10.0. The number of hydrogen-bond donors (Lipinski definition) is 1. The van der Waals surface area contributed by atoms with Crippen molar-refractivity contribution in [1.29, 1.82) is 5.26 Å². The van der Waals surface area contributed by atoms with Gasteiger partial charge in [-0.1, -0.05) is 0 Å². The Labute approximate surface area is 246 Å². The molecule has 1 N–H and O–H groups in total. The predicted octanol–water partition coefficient (Wildman–Crippen LogP) is 6.18. The first-order valence-corrected chi connectivity index (χ1v) is 15.6. The Bertz CT molecular complexity index is 1660. The fraction of sp³-hybridized carbons (Fsp3) is 0.258. The molecule has 0 saturated carbocycles. The van der Waals surface area contributed by atoms with Crippen LogP contribution >= 0.6 is 11.6 Å². The first-order chi connectivity index (χ1) is 19.3. The molecule has 0 amide bonds. The molecule has 2 aromatic carbocycles. The van der Waals surface area contributed by atoms with Crippen LogP contribution in [0.3, 0.4) is 0 Å². The molecule has 0 saturated heterocycles. The Morgan fingerprint density at radius 1 is 1.07 bits per heavy atom. The summed E-state index contributed by atoms with van der Waals surface area (Å²) in [4.78, 5) is 8.92. The minimum absolute atomic E-state index is 0.205. The van der Waals surface area contributed by atoms with Crippen molar-refractivity contribution >= 4 is 48.3 Å². The van der Waals surface area contributed by atoms with Gasteiger partial charge in [-0.15, -0.1) is 0 Å². The minimum atomic E-state index is -0.389. The number of anilines is 1. The van der Waals surface area contributed by atoms with E-state index in [1.807, 2.05) is 41.3 Å². The summed E-state index contributed by atoms with van der Waals surface area (Å²) < 4.78 is 3.25. The van der Waals surface area contributed by atoms with Gasteiger partial charge in [0.2, 0.25) is 0 Å². The van der Waals surface area contributed by atoms with Gasteiger partial charge in [0.1, 0.15) is 0 Å². The van der Waals surface area contributed by atoms with E-state index in [1.54, 1.807) is 12.4 Å². The van der Waals surface area contributed by atoms with Crippen LogP contribution in [0.4, 0.5) is 5.69 Å². The molecule has 40 heavy (non-hydrogen) atoms. The van der Waals surface area contributed by atoms with Gasteiger partial charge in [0, 0.05) is 0 Å². The number of nitrogens with zero attached hydrogens (tertiary/aromatic N) is 6. The van der Waals surface area contributed by atoms with Crippen molar-refractivity contribution in [3.05, 3.63) is 107 Å². The Balaban J connectivity index is 1.60. The van der Waals surface area contributed by atoms with Gasteiger partial charge in [0.15, 0.2) is 0 Å². The number of fused-ring (bicyclic) bond motifs is 1. The van der Waals surface area contributed by atoms with Crippen LogP contribution in [0.1, 0.15) is 67.2 Å². The zero-order valence-corrected chi connectivity index (χ0v) is 25.5. The number of pyridine rings is 2. The molecular formula is C31H30AsClN7. The number of aromatic nitrogens is 5. The third-order valence-electron chi connectivity index (χ3n) is 6.70. The molecule has 201 valence electrons. The van der Waals surface area contributed by atoms with Crippen LogP contribution < -0.4 is 9.67 Å². The summed E-state index contributed by atoms with van der Waals surface area (Å²) in [6.07, 6.45) is 8.18. The van der Waals surface area contributed by atoms with E-state index in [2.05, 4.69) is 89.7 Å². The van der Waals surface area contributed by atoms with Crippen molar-refractivity contribution in [2.75, 3.05) is 5.32 Å². The molecule has 2 atom stereocenters. The number of nitriles is 1. The number of halogens is 1. The molecule has 0 spiro atoms. The molecule has 2 unspecified atom stereocenters. The number of rotatable bonds is 8. The number of benzene rings is 2. The van der Waals surface area contributed by atoms with Crippen molar-refractivity contribution in [1.82, 2.24) is 25.0 Å². The number of nitrogens with one attached hydrogen (secondary N) is 1. The van der Waals surface area contributed by atoms with Crippen LogP contribution in [-0.4, -0.2) is 40.7 Å².